The molecule has 0 N–H and O–H groups in total. The molecule has 1 aromatic heterocycles. The summed E-state index contributed by atoms with van der Waals surface area (Å²) in [7, 11) is 0. The van der Waals surface area contributed by atoms with Gasteiger partial charge in [-0.15, -0.1) is 0 Å². The van der Waals surface area contributed by atoms with E-state index in [-0.39, 0.29) is 11.0 Å². The molecule has 0 saturated carbocycles. The lowest BCUT2D eigenvalue weighted by Gasteiger charge is -2.19. The zero-order valence-electron chi connectivity index (χ0n) is 11.6. The van der Waals surface area contributed by atoms with Crippen LogP contribution >= 0.6 is 0 Å². The predicted octanol–water partition coefficient (Wildman–Crippen LogP) is 5.06. The zero-order valence-corrected chi connectivity index (χ0v) is 11.6. The number of benzene rings is 1. The summed E-state index contributed by atoms with van der Waals surface area (Å²) in [6, 6.07) is 8.16. The fourth-order valence-corrected chi connectivity index (χ4v) is 2.02. The topological polar surface area (TPSA) is 12.9 Å². The minimum absolute atomic E-state index is 0.0275. The summed E-state index contributed by atoms with van der Waals surface area (Å²) in [5.41, 5.74) is 1.04. The number of rotatable bonds is 1. The van der Waals surface area contributed by atoms with Crippen molar-refractivity contribution in [3.63, 3.8) is 0 Å². The molecule has 106 valence electrons. The Kier molecular flexibility index (Phi) is 3.59. The number of alkyl halides is 3. The van der Waals surface area contributed by atoms with Gasteiger partial charge >= 0.3 is 6.18 Å². The number of halogens is 3. The van der Waals surface area contributed by atoms with Crippen LogP contribution in [0.4, 0.5) is 13.2 Å². The third kappa shape index (κ3) is 3.00. The van der Waals surface area contributed by atoms with Crippen molar-refractivity contribution in [2.45, 2.75) is 32.4 Å². The van der Waals surface area contributed by atoms with Crippen LogP contribution in [0.25, 0.3) is 11.1 Å². The Morgan fingerprint density at radius 2 is 1.50 bits per heavy atom. The van der Waals surface area contributed by atoms with Gasteiger partial charge in [0.1, 0.15) is 0 Å². The summed E-state index contributed by atoms with van der Waals surface area (Å²) in [6.07, 6.45) is -1.95. The van der Waals surface area contributed by atoms with Crippen molar-refractivity contribution in [3.05, 3.63) is 53.9 Å². The quantitative estimate of drug-likeness (QED) is 0.710. The Labute approximate surface area is 116 Å². The second-order valence-electron chi connectivity index (χ2n) is 5.75. The van der Waals surface area contributed by atoms with Gasteiger partial charge in [-0.3, -0.25) is 4.98 Å². The minimum atomic E-state index is -4.37. The van der Waals surface area contributed by atoms with Crippen molar-refractivity contribution in [1.29, 1.82) is 0 Å². The average molecular weight is 279 g/mol. The first-order valence-electron chi connectivity index (χ1n) is 6.32. The zero-order chi connectivity index (χ0) is 15.0. The van der Waals surface area contributed by atoms with Gasteiger partial charge in [0.05, 0.1) is 5.56 Å². The van der Waals surface area contributed by atoms with Crippen LogP contribution in [0.3, 0.4) is 0 Å². The lowest BCUT2D eigenvalue weighted by atomic mass is 9.86. The third-order valence-electron chi connectivity index (χ3n) is 3.19. The van der Waals surface area contributed by atoms with E-state index in [0.29, 0.717) is 5.56 Å². The van der Waals surface area contributed by atoms with Crippen LogP contribution in [0.15, 0.2) is 42.7 Å². The second-order valence-corrected chi connectivity index (χ2v) is 5.75. The number of hydrogen-bond acceptors (Lipinski definition) is 1. The van der Waals surface area contributed by atoms with Crippen LogP contribution in [0.5, 0.6) is 0 Å². The van der Waals surface area contributed by atoms with E-state index in [2.05, 4.69) is 25.8 Å². The molecule has 0 bridgehead atoms. The summed E-state index contributed by atoms with van der Waals surface area (Å²) >= 11 is 0. The van der Waals surface area contributed by atoms with E-state index in [0.717, 1.165) is 17.8 Å². The lowest BCUT2D eigenvalue weighted by Crippen LogP contribution is -2.11. The molecule has 2 rings (SSSR count). The average Bonchev–Trinajstić information content (AvgIpc) is 2.37. The van der Waals surface area contributed by atoms with Crippen molar-refractivity contribution in [2.24, 2.45) is 0 Å². The molecule has 0 aliphatic carbocycles. The summed E-state index contributed by atoms with van der Waals surface area (Å²) < 4.78 is 38.9. The minimum Gasteiger partial charge on any atom is -0.264 e. The molecule has 0 spiro atoms. The Bertz CT molecular complexity index is 592. The summed E-state index contributed by atoms with van der Waals surface area (Å²) in [5.74, 6) is 0. The monoisotopic (exact) mass is 279 g/mol. The smallest absolute Gasteiger partial charge is 0.264 e. The standard InChI is InChI=1S/C16H16F3N/c1-15(2,3)12-6-4-11(5-7-12)13-10-20-9-8-14(13)16(17,18)19/h4-10H,1-3H3. The van der Waals surface area contributed by atoms with Crippen LogP contribution in [-0.2, 0) is 11.6 Å². The molecule has 0 atom stereocenters. The van der Waals surface area contributed by atoms with Gasteiger partial charge in [-0.2, -0.15) is 13.2 Å². The van der Waals surface area contributed by atoms with Crippen molar-refractivity contribution < 1.29 is 13.2 Å². The lowest BCUT2D eigenvalue weighted by molar-refractivity contribution is -0.137. The number of nitrogens with zero attached hydrogens (tertiary/aromatic N) is 1. The molecule has 0 aliphatic heterocycles. The van der Waals surface area contributed by atoms with Crippen LogP contribution in [-0.4, -0.2) is 4.98 Å². The van der Waals surface area contributed by atoms with Gasteiger partial charge in [0.25, 0.3) is 0 Å². The van der Waals surface area contributed by atoms with Gasteiger partial charge in [0.15, 0.2) is 0 Å². The van der Waals surface area contributed by atoms with Crippen molar-refractivity contribution in [1.82, 2.24) is 4.98 Å². The normalized spacial score (nSPS) is 12.5. The van der Waals surface area contributed by atoms with E-state index in [1.165, 1.54) is 6.20 Å². The summed E-state index contributed by atoms with van der Waals surface area (Å²) in [4.78, 5) is 3.81. The highest BCUT2D eigenvalue weighted by atomic mass is 19.4. The molecule has 4 heteroatoms. The van der Waals surface area contributed by atoms with Crippen molar-refractivity contribution in [3.8, 4) is 11.1 Å². The largest absolute Gasteiger partial charge is 0.417 e. The highest BCUT2D eigenvalue weighted by Crippen LogP contribution is 2.36. The number of aromatic nitrogens is 1. The fourth-order valence-electron chi connectivity index (χ4n) is 2.02. The molecule has 1 aromatic carbocycles. The number of pyridine rings is 1. The summed E-state index contributed by atoms with van der Waals surface area (Å²) in [6.45, 7) is 6.19. The molecule has 1 nitrogen and oxygen atoms in total. The Morgan fingerprint density at radius 1 is 0.900 bits per heavy atom. The van der Waals surface area contributed by atoms with Crippen LogP contribution in [0.1, 0.15) is 31.9 Å². The Morgan fingerprint density at radius 3 is 2.00 bits per heavy atom. The van der Waals surface area contributed by atoms with Gasteiger partial charge in [0.2, 0.25) is 0 Å². The molecule has 1 heterocycles. The molecule has 0 fully saturated rings. The Hall–Kier alpha value is -1.84. The van der Waals surface area contributed by atoms with Crippen molar-refractivity contribution in [2.75, 3.05) is 0 Å². The molecule has 0 unspecified atom stereocenters. The van der Waals surface area contributed by atoms with E-state index >= 15 is 0 Å². The van der Waals surface area contributed by atoms with Gasteiger partial charge in [-0.05, 0) is 22.6 Å². The highest BCUT2D eigenvalue weighted by molar-refractivity contribution is 5.67. The summed E-state index contributed by atoms with van der Waals surface area (Å²) in [5, 5.41) is 0. The molecule has 0 amide bonds. The second kappa shape index (κ2) is 4.93. The van der Waals surface area contributed by atoms with Crippen molar-refractivity contribution >= 4 is 0 Å². The maximum atomic E-state index is 13.0. The highest BCUT2D eigenvalue weighted by Gasteiger charge is 2.33. The van der Waals surface area contributed by atoms with Crippen LogP contribution in [0, 0.1) is 0 Å². The number of hydrogen-bond donors (Lipinski definition) is 0. The molecule has 2 aromatic rings. The van der Waals surface area contributed by atoms with E-state index in [1.54, 1.807) is 12.1 Å². The van der Waals surface area contributed by atoms with Gasteiger partial charge in [-0.25, -0.2) is 0 Å². The van der Waals surface area contributed by atoms with E-state index in [4.69, 9.17) is 0 Å². The Balaban J connectivity index is 2.48. The molecule has 0 saturated heterocycles. The molecular formula is C16H16F3N. The molecule has 20 heavy (non-hydrogen) atoms. The van der Waals surface area contributed by atoms with E-state index < -0.39 is 11.7 Å². The third-order valence-corrected chi connectivity index (χ3v) is 3.19. The van der Waals surface area contributed by atoms with Crippen LogP contribution < -0.4 is 0 Å². The maximum Gasteiger partial charge on any atom is 0.417 e. The van der Waals surface area contributed by atoms with Gasteiger partial charge in [0, 0.05) is 18.0 Å². The van der Waals surface area contributed by atoms with Crippen LogP contribution in [0.2, 0.25) is 0 Å². The van der Waals surface area contributed by atoms with E-state index in [9.17, 15) is 13.2 Å². The first kappa shape index (κ1) is 14.6. The fraction of sp³-hybridized carbons (Fsp3) is 0.312. The first-order valence-corrected chi connectivity index (χ1v) is 6.32. The maximum absolute atomic E-state index is 13.0. The van der Waals surface area contributed by atoms with E-state index in [1.807, 2.05) is 12.1 Å². The molecule has 0 radical (unpaired) electrons. The molecular weight excluding hydrogens is 263 g/mol. The first-order chi connectivity index (χ1) is 9.19. The van der Waals surface area contributed by atoms with Gasteiger partial charge in [-0.1, -0.05) is 45.0 Å². The van der Waals surface area contributed by atoms with Gasteiger partial charge < -0.3 is 0 Å². The molecule has 0 aliphatic rings. The SMILES string of the molecule is CC(C)(C)c1ccc(-c2cnccc2C(F)(F)F)cc1. The predicted molar refractivity (Wildman–Crippen MR) is 73.4 cm³/mol.